The van der Waals surface area contributed by atoms with Gasteiger partial charge >= 0.3 is 0 Å². The maximum absolute atomic E-state index is 11.4. The molecule has 0 unspecified atom stereocenters. The molecule has 0 aromatic rings. The van der Waals surface area contributed by atoms with E-state index in [0.717, 1.165) is 0 Å². The van der Waals surface area contributed by atoms with Gasteiger partial charge in [0.2, 0.25) is 0 Å². The number of amides is 1. The lowest BCUT2D eigenvalue weighted by atomic mass is 10.3. The molecule has 0 aromatic heterocycles. The molecular weight excluding hydrogens is 202 g/mol. The summed E-state index contributed by atoms with van der Waals surface area (Å²) in [5.74, 6) is -0.259. The van der Waals surface area contributed by atoms with Crippen LogP contribution in [0.4, 0.5) is 0 Å². The molecule has 0 fully saturated rings. The molecule has 1 amide bonds. The molecular formula is C7H9N5OS. The monoisotopic (exact) mass is 211 g/mol. The smallest absolute Gasteiger partial charge is 0.272 e. The fourth-order valence-electron chi connectivity index (χ4n) is 1.05. The van der Waals surface area contributed by atoms with Crippen molar-refractivity contribution < 1.29 is 4.79 Å². The number of thiocarbonyl (C=S) groups is 1. The molecule has 7 heteroatoms. The molecule has 0 aromatic carbocycles. The van der Waals surface area contributed by atoms with Crippen molar-refractivity contribution in [1.29, 1.82) is 5.26 Å². The Hall–Kier alpha value is -1.81. The summed E-state index contributed by atoms with van der Waals surface area (Å²) < 4.78 is 0. The van der Waals surface area contributed by atoms with Crippen molar-refractivity contribution in [2.75, 3.05) is 13.6 Å². The predicted octanol–water partition coefficient (Wildman–Crippen LogP) is -1.43. The van der Waals surface area contributed by atoms with E-state index in [2.05, 4.69) is 23.1 Å². The molecule has 14 heavy (non-hydrogen) atoms. The van der Waals surface area contributed by atoms with Gasteiger partial charge in [-0.15, -0.1) is 0 Å². The number of hydrogen-bond donors (Lipinski definition) is 3. The molecule has 4 N–H and O–H groups in total. The number of nitriles is 1. The first-order valence-electron chi connectivity index (χ1n) is 3.76. The highest BCUT2D eigenvalue weighted by Crippen LogP contribution is 2.13. The molecule has 0 spiro atoms. The topological polar surface area (TPSA) is 94.2 Å². The van der Waals surface area contributed by atoms with Crippen molar-refractivity contribution in [3.8, 4) is 6.07 Å². The van der Waals surface area contributed by atoms with E-state index in [1.54, 1.807) is 7.05 Å². The summed E-state index contributed by atoms with van der Waals surface area (Å²) >= 11 is 4.55. The summed E-state index contributed by atoms with van der Waals surface area (Å²) in [7, 11) is 1.61. The Morgan fingerprint density at radius 2 is 2.43 bits per heavy atom. The summed E-state index contributed by atoms with van der Waals surface area (Å²) in [5.41, 5.74) is 10.6. The third kappa shape index (κ3) is 1.92. The molecule has 0 saturated heterocycles. The van der Waals surface area contributed by atoms with Gasteiger partial charge in [-0.05, 0) is 12.2 Å². The van der Waals surface area contributed by atoms with Gasteiger partial charge in [0, 0.05) is 7.05 Å². The van der Waals surface area contributed by atoms with Crippen molar-refractivity contribution in [2.24, 2.45) is 5.73 Å². The zero-order valence-electron chi connectivity index (χ0n) is 7.50. The third-order valence-corrected chi connectivity index (χ3v) is 1.81. The van der Waals surface area contributed by atoms with Crippen molar-refractivity contribution in [2.45, 2.75) is 0 Å². The normalized spacial score (nSPS) is 15.4. The molecule has 0 aliphatic carbocycles. The van der Waals surface area contributed by atoms with Crippen LogP contribution < -0.4 is 16.6 Å². The molecule has 1 heterocycles. The Bertz CT molecular complexity index is 356. The van der Waals surface area contributed by atoms with Crippen molar-refractivity contribution in [3.05, 3.63) is 11.3 Å². The molecule has 0 bridgehead atoms. The van der Waals surface area contributed by atoms with E-state index in [0.29, 0.717) is 12.1 Å². The molecule has 0 atom stereocenters. The van der Waals surface area contributed by atoms with E-state index < -0.39 is 0 Å². The third-order valence-electron chi connectivity index (χ3n) is 1.70. The first-order chi connectivity index (χ1) is 6.56. The van der Waals surface area contributed by atoms with E-state index >= 15 is 0 Å². The van der Waals surface area contributed by atoms with Gasteiger partial charge in [-0.3, -0.25) is 15.6 Å². The SMILES string of the molecule is CN1CC(C#N)=C(NNC(N)=S)C1=O. The number of hydrogen-bond acceptors (Lipinski definition) is 4. The number of hydrazine groups is 1. The summed E-state index contributed by atoms with van der Waals surface area (Å²) in [4.78, 5) is 12.8. The first-order valence-corrected chi connectivity index (χ1v) is 4.17. The lowest BCUT2D eigenvalue weighted by Gasteiger charge is -2.10. The fraction of sp³-hybridized carbons (Fsp3) is 0.286. The summed E-state index contributed by atoms with van der Waals surface area (Å²) in [6.45, 7) is 0.302. The van der Waals surface area contributed by atoms with Crippen LogP contribution in [0.5, 0.6) is 0 Å². The van der Waals surface area contributed by atoms with Gasteiger partial charge in [0.1, 0.15) is 5.70 Å². The average molecular weight is 211 g/mol. The van der Waals surface area contributed by atoms with Gasteiger partial charge < -0.3 is 10.6 Å². The Kier molecular flexibility index (Phi) is 2.89. The van der Waals surface area contributed by atoms with Gasteiger partial charge in [0.15, 0.2) is 5.11 Å². The number of nitrogens with zero attached hydrogens (tertiary/aromatic N) is 2. The highest BCUT2D eigenvalue weighted by atomic mass is 32.1. The highest BCUT2D eigenvalue weighted by molar-refractivity contribution is 7.80. The molecule has 1 aliphatic heterocycles. The summed E-state index contributed by atoms with van der Waals surface area (Å²) in [5, 5.41) is 8.73. The van der Waals surface area contributed by atoms with Crippen LogP contribution in [0, 0.1) is 11.3 Å². The summed E-state index contributed by atoms with van der Waals surface area (Å²) in [6, 6.07) is 1.93. The number of rotatable bonds is 2. The van der Waals surface area contributed by atoms with E-state index in [9.17, 15) is 4.79 Å². The quantitative estimate of drug-likeness (QED) is 0.383. The Morgan fingerprint density at radius 3 is 2.93 bits per heavy atom. The Morgan fingerprint density at radius 1 is 1.79 bits per heavy atom. The van der Waals surface area contributed by atoms with Crippen LogP contribution in [0.25, 0.3) is 0 Å². The van der Waals surface area contributed by atoms with Crippen LogP contribution in [0.3, 0.4) is 0 Å². The molecule has 1 aliphatic rings. The first kappa shape index (κ1) is 10.3. The standard InChI is InChI=1S/C7H9N5OS/c1-12-3-4(2-8)5(6(12)13)10-11-7(9)14/h10H,3H2,1H3,(H3,9,11,14). The maximum Gasteiger partial charge on any atom is 0.272 e. The minimum Gasteiger partial charge on any atom is -0.375 e. The van der Waals surface area contributed by atoms with E-state index in [-0.39, 0.29) is 16.7 Å². The van der Waals surface area contributed by atoms with Gasteiger partial charge in [-0.1, -0.05) is 0 Å². The Labute approximate surface area is 86.3 Å². The van der Waals surface area contributed by atoms with Gasteiger partial charge in [0.25, 0.3) is 5.91 Å². The van der Waals surface area contributed by atoms with Gasteiger partial charge in [-0.25, -0.2) is 0 Å². The van der Waals surface area contributed by atoms with Gasteiger partial charge in [0.05, 0.1) is 18.2 Å². The Balaban J connectivity index is 2.78. The minimum absolute atomic E-state index is 0.0112. The van der Waals surface area contributed by atoms with Crippen LogP contribution >= 0.6 is 12.2 Å². The molecule has 0 radical (unpaired) electrons. The second kappa shape index (κ2) is 3.93. The second-order valence-corrected chi connectivity index (χ2v) is 3.18. The number of carbonyl (C=O) groups excluding carboxylic acids is 1. The molecule has 0 saturated carbocycles. The van der Waals surface area contributed by atoms with Crippen LogP contribution in [-0.4, -0.2) is 29.5 Å². The van der Waals surface area contributed by atoms with Gasteiger partial charge in [-0.2, -0.15) is 5.26 Å². The van der Waals surface area contributed by atoms with E-state index in [1.165, 1.54) is 4.90 Å². The number of likely N-dealkylation sites (N-methyl/N-ethyl adjacent to an activating group) is 1. The van der Waals surface area contributed by atoms with Crippen molar-refractivity contribution in [1.82, 2.24) is 15.8 Å². The van der Waals surface area contributed by atoms with Crippen LogP contribution in [0.2, 0.25) is 0 Å². The lowest BCUT2D eigenvalue weighted by molar-refractivity contribution is -0.124. The highest BCUT2D eigenvalue weighted by Gasteiger charge is 2.27. The largest absolute Gasteiger partial charge is 0.375 e. The zero-order valence-corrected chi connectivity index (χ0v) is 8.31. The second-order valence-electron chi connectivity index (χ2n) is 2.74. The van der Waals surface area contributed by atoms with Crippen LogP contribution in [-0.2, 0) is 4.79 Å². The van der Waals surface area contributed by atoms with Crippen LogP contribution in [0.15, 0.2) is 11.3 Å². The number of nitrogens with one attached hydrogen (secondary N) is 2. The zero-order chi connectivity index (χ0) is 10.7. The number of carbonyl (C=O) groups is 1. The molecule has 1 rings (SSSR count). The predicted molar refractivity (Wildman–Crippen MR) is 53.3 cm³/mol. The summed E-state index contributed by atoms with van der Waals surface area (Å²) in [6.07, 6.45) is 0. The van der Waals surface area contributed by atoms with Crippen LogP contribution in [0.1, 0.15) is 0 Å². The van der Waals surface area contributed by atoms with E-state index in [4.69, 9.17) is 11.0 Å². The molecule has 74 valence electrons. The average Bonchev–Trinajstić information content (AvgIpc) is 2.40. The minimum atomic E-state index is -0.259. The molecule has 6 nitrogen and oxygen atoms in total. The van der Waals surface area contributed by atoms with Crippen molar-refractivity contribution >= 4 is 23.2 Å². The van der Waals surface area contributed by atoms with E-state index in [1.807, 2.05) is 6.07 Å². The number of nitrogens with two attached hydrogens (primary N) is 1. The van der Waals surface area contributed by atoms with Crippen molar-refractivity contribution in [3.63, 3.8) is 0 Å². The fourth-order valence-corrected chi connectivity index (χ4v) is 1.10. The maximum atomic E-state index is 11.4. The lowest BCUT2D eigenvalue weighted by Crippen LogP contribution is -2.42.